The molecule has 0 aromatic heterocycles. The second-order valence-corrected chi connectivity index (χ2v) is 4.17. The fourth-order valence-electron chi connectivity index (χ4n) is 2.18. The summed E-state index contributed by atoms with van der Waals surface area (Å²) in [5.41, 5.74) is 4.36. The number of hydrogen-bond acceptors (Lipinski definition) is 2. The third-order valence-corrected chi connectivity index (χ3v) is 3.08. The van der Waals surface area contributed by atoms with Crippen molar-refractivity contribution in [2.75, 3.05) is 7.11 Å². The van der Waals surface area contributed by atoms with Gasteiger partial charge in [-0.25, -0.2) is 0 Å². The van der Waals surface area contributed by atoms with Crippen LogP contribution >= 0.6 is 0 Å². The van der Waals surface area contributed by atoms with Gasteiger partial charge >= 0.3 is 0 Å². The van der Waals surface area contributed by atoms with Gasteiger partial charge in [-0.15, -0.1) is 0 Å². The van der Waals surface area contributed by atoms with Crippen LogP contribution in [0.3, 0.4) is 0 Å². The summed E-state index contributed by atoms with van der Waals surface area (Å²) in [5.74, 6) is 0.767. The van der Waals surface area contributed by atoms with Crippen LogP contribution in [0.4, 0.5) is 0 Å². The smallest absolute Gasteiger partial charge is 0.124 e. The highest BCUT2D eigenvalue weighted by Gasteiger charge is 2.11. The molecule has 2 heteroatoms. The lowest BCUT2D eigenvalue weighted by molar-refractivity contribution is -0.107. The average Bonchev–Trinajstić information content (AvgIpc) is 2.40. The third kappa shape index (κ3) is 2.28. The first-order valence-electron chi connectivity index (χ1n) is 5.93. The van der Waals surface area contributed by atoms with Crippen LogP contribution in [0, 0.1) is 6.92 Å². The Hall–Kier alpha value is -2.09. The van der Waals surface area contributed by atoms with E-state index in [0.29, 0.717) is 6.42 Å². The Morgan fingerprint density at radius 1 is 1.06 bits per heavy atom. The largest absolute Gasteiger partial charge is 0.496 e. The molecule has 2 aromatic rings. The predicted octanol–water partition coefficient (Wildman–Crippen LogP) is 3.41. The molecule has 2 nitrogen and oxygen atoms in total. The molecule has 0 unspecified atom stereocenters. The highest BCUT2D eigenvalue weighted by Crippen LogP contribution is 2.32. The summed E-state index contributed by atoms with van der Waals surface area (Å²) in [6, 6.07) is 14.0. The molecule has 0 fully saturated rings. The summed E-state index contributed by atoms with van der Waals surface area (Å²) in [5, 5.41) is 0. The van der Waals surface area contributed by atoms with Crippen molar-refractivity contribution >= 4 is 6.29 Å². The summed E-state index contributed by atoms with van der Waals surface area (Å²) >= 11 is 0. The molecule has 0 heterocycles. The summed E-state index contributed by atoms with van der Waals surface area (Å²) < 4.78 is 5.34. The van der Waals surface area contributed by atoms with Crippen molar-refractivity contribution in [2.24, 2.45) is 0 Å². The Kier molecular flexibility index (Phi) is 3.78. The van der Waals surface area contributed by atoms with E-state index in [4.69, 9.17) is 4.74 Å². The van der Waals surface area contributed by atoms with Crippen LogP contribution in [0.1, 0.15) is 11.1 Å². The van der Waals surface area contributed by atoms with Gasteiger partial charge in [0.25, 0.3) is 0 Å². The van der Waals surface area contributed by atoms with Crippen molar-refractivity contribution in [3.8, 4) is 16.9 Å². The zero-order chi connectivity index (χ0) is 13.0. The minimum absolute atomic E-state index is 0.369. The number of carbonyl (C=O) groups is 1. The van der Waals surface area contributed by atoms with Crippen molar-refractivity contribution in [1.82, 2.24) is 0 Å². The van der Waals surface area contributed by atoms with Crippen LogP contribution in [0.15, 0.2) is 42.5 Å². The maximum Gasteiger partial charge on any atom is 0.124 e. The quantitative estimate of drug-likeness (QED) is 0.765. The van der Waals surface area contributed by atoms with E-state index in [1.165, 1.54) is 5.56 Å². The Morgan fingerprint density at radius 2 is 1.78 bits per heavy atom. The molecular weight excluding hydrogens is 224 g/mol. The van der Waals surface area contributed by atoms with Gasteiger partial charge in [0, 0.05) is 12.0 Å². The number of ether oxygens (including phenoxy) is 1. The number of benzene rings is 2. The van der Waals surface area contributed by atoms with Gasteiger partial charge in [-0.2, -0.15) is 0 Å². The fraction of sp³-hybridized carbons (Fsp3) is 0.188. The lowest BCUT2D eigenvalue weighted by Gasteiger charge is -2.13. The summed E-state index contributed by atoms with van der Waals surface area (Å²) in [4.78, 5) is 10.9. The number of hydrogen-bond donors (Lipinski definition) is 0. The minimum Gasteiger partial charge on any atom is -0.496 e. The van der Waals surface area contributed by atoms with Crippen molar-refractivity contribution in [2.45, 2.75) is 13.3 Å². The van der Waals surface area contributed by atoms with Gasteiger partial charge in [-0.05, 0) is 29.7 Å². The van der Waals surface area contributed by atoms with Gasteiger partial charge in [-0.3, -0.25) is 0 Å². The minimum atomic E-state index is 0.369. The van der Waals surface area contributed by atoms with Crippen molar-refractivity contribution < 1.29 is 9.53 Å². The fourth-order valence-corrected chi connectivity index (χ4v) is 2.18. The van der Waals surface area contributed by atoms with E-state index < -0.39 is 0 Å². The molecule has 18 heavy (non-hydrogen) atoms. The van der Waals surface area contributed by atoms with Gasteiger partial charge in [0.15, 0.2) is 0 Å². The molecule has 0 bridgehead atoms. The molecule has 0 aliphatic carbocycles. The molecule has 0 atom stereocenters. The van der Waals surface area contributed by atoms with Crippen LogP contribution in [-0.4, -0.2) is 13.4 Å². The van der Waals surface area contributed by atoms with Crippen molar-refractivity contribution in [3.63, 3.8) is 0 Å². The van der Waals surface area contributed by atoms with E-state index in [0.717, 1.165) is 28.7 Å². The molecule has 0 aliphatic heterocycles. The maximum absolute atomic E-state index is 10.9. The predicted molar refractivity (Wildman–Crippen MR) is 72.9 cm³/mol. The molecule has 2 rings (SSSR count). The van der Waals surface area contributed by atoms with Crippen LogP contribution in [0.5, 0.6) is 5.75 Å². The molecule has 0 saturated carbocycles. The van der Waals surface area contributed by atoms with Gasteiger partial charge in [0.2, 0.25) is 0 Å². The van der Waals surface area contributed by atoms with Crippen LogP contribution in [0.2, 0.25) is 0 Å². The van der Waals surface area contributed by atoms with Gasteiger partial charge < -0.3 is 9.53 Å². The number of carbonyl (C=O) groups excluding carboxylic acids is 1. The second kappa shape index (κ2) is 5.50. The van der Waals surface area contributed by atoms with Crippen LogP contribution < -0.4 is 4.74 Å². The summed E-state index contributed by atoms with van der Waals surface area (Å²) in [6.45, 7) is 2.07. The second-order valence-electron chi connectivity index (χ2n) is 4.17. The first kappa shape index (κ1) is 12.4. The van der Waals surface area contributed by atoms with Crippen molar-refractivity contribution in [1.29, 1.82) is 0 Å². The molecule has 0 amide bonds. The normalized spacial score (nSPS) is 10.1. The summed E-state index contributed by atoms with van der Waals surface area (Å²) in [6.07, 6.45) is 1.29. The standard InChI is InChI=1S/C16H16O2/c1-12-6-3-4-7-13(12)14-8-5-9-16(18-2)15(14)10-11-17/h3-9,11H,10H2,1-2H3. The number of aryl methyl sites for hydroxylation is 1. The molecule has 0 N–H and O–H groups in total. The molecule has 0 radical (unpaired) electrons. The Balaban J connectivity index is 2.63. The zero-order valence-electron chi connectivity index (χ0n) is 10.6. The Labute approximate surface area is 107 Å². The molecule has 0 saturated heterocycles. The van der Waals surface area contributed by atoms with E-state index in [2.05, 4.69) is 19.1 Å². The molecular formula is C16H16O2. The number of rotatable bonds is 4. The highest BCUT2D eigenvalue weighted by atomic mass is 16.5. The van der Waals surface area contributed by atoms with Gasteiger partial charge in [-0.1, -0.05) is 36.4 Å². The lowest BCUT2D eigenvalue weighted by Crippen LogP contribution is -1.97. The van der Waals surface area contributed by atoms with E-state index in [-0.39, 0.29) is 0 Å². The lowest BCUT2D eigenvalue weighted by atomic mass is 9.94. The maximum atomic E-state index is 10.9. The van der Waals surface area contributed by atoms with Crippen molar-refractivity contribution in [3.05, 3.63) is 53.6 Å². The summed E-state index contributed by atoms with van der Waals surface area (Å²) in [7, 11) is 1.63. The topological polar surface area (TPSA) is 26.3 Å². The number of methoxy groups -OCH3 is 1. The Morgan fingerprint density at radius 3 is 2.44 bits per heavy atom. The van der Waals surface area contributed by atoms with E-state index in [9.17, 15) is 4.79 Å². The first-order chi connectivity index (χ1) is 8.77. The monoisotopic (exact) mass is 240 g/mol. The van der Waals surface area contributed by atoms with Crippen LogP contribution in [-0.2, 0) is 11.2 Å². The van der Waals surface area contributed by atoms with E-state index in [1.54, 1.807) is 7.11 Å². The molecule has 2 aromatic carbocycles. The zero-order valence-corrected chi connectivity index (χ0v) is 10.6. The first-order valence-corrected chi connectivity index (χ1v) is 5.93. The number of aldehydes is 1. The van der Waals surface area contributed by atoms with E-state index >= 15 is 0 Å². The van der Waals surface area contributed by atoms with Gasteiger partial charge in [0.05, 0.1) is 7.11 Å². The molecule has 0 spiro atoms. The molecule has 92 valence electrons. The van der Waals surface area contributed by atoms with E-state index in [1.807, 2.05) is 30.3 Å². The molecule has 0 aliphatic rings. The van der Waals surface area contributed by atoms with Crippen LogP contribution in [0.25, 0.3) is 11.1 Å². The van der Waals surface area contributed by atoms with Gasteiger partial charge in [0.1, 0.15) is 12.0 Å². The SMILES string of the molecule is COc1cccc(-c2ccccc2C)c1CC=O. The highest BCUT2D eigenvalue weighted by molar-refractivity contribution is 5.76. The third-order valence-electron chi connectivity index (χ3n) is 3.08. The Bertz CT molecular complexity index is 559. The average molecular weight is 240 g/mol.